The van der Waals surface area contributed by atoms with Crippen LogP contribution in [0.15, 0.2) is 30.6 Å². The number of aromatic nitrogens is 3. The molecule has 1 fully saturated rings. The molecule has 0 saturated heterocycles. The molecule has 0 unspecified atom stereocenters. The lowest BCUT2D eigenvalue weighted by molar-refractivity contribution is 0.564. The largest absolute Gasteiger partial charge is 0.270 e. The first-order chi connectivity index (χ1) is 8.36. The Morgan fingerprint density at radius 1 is 1.41 bits per heavy atom. The maximum absolute atomic E-state index is 9.11. The Hall–Kier alpha value is -2.15. The summed E-state index contributed by atoms with van der Waals surface area (Å²) in [6.45, 7) is 0.918. The predicted octanol–water partition coefficient (Wildman–Crippen LogP) is 2.23. The molecule has 0 atom stereocenters. The van der Waals surface area contributed by atoms with Gasteiger partial charge in [0.25, 0.3) is 0 Å². The van der Waals surface area contributed by atoms with Gasteiger partial charge in [-0.1, -0.05) is 6.07 Å². The van der Waals surface area contributed by atoms with E-state index in [4.69, 9.17) is 5.26 Å². The molecule has 1 aliphatic carbocycles. The predicted molar refractivity (Wildman–Crippen MR) is 62.9 cm³/mol. The molecule has 0 aromatic carbocycles. The number of hydrogen-bond acceptors (Lipinski definition) is 3. The van der Waals surface area contributed by atoms with Gasteiger partial charge < -0.3 is 0 Å². The first kappa shape index (κ1) is 10.0. The van der Waals surface area contributed by atoms with Crippen LogP contribution in [0.5, 0.6) is 0 Å². The molecule has 17 heavy (non-hydrogen) atoms. The Morgan fingerprint density at radius 3 is 2.94 bits per heavy atom. The van der Waals surface area contributed by atoms with Crippen LogP contribution in [0.25, 0.3) is 11.4 Å². The molecular formula is C13H12N4. The van der Waals surface area contributed by atoms with E-state index in [-0.39, 0.29) is 0 Å². The summed E-state index contributed by atoms with van der Waals surface area (Å²) in [5, 5.41) is 13.6. The fraction of sp³-hybridized carbons (Fsp3) is 0.308. The van der Waals surface area contributed by atoms with Crippen LogP contribution < -0.4 is 0 Å². The summed E-state index contributed by atoms with van der Waals surface area (Å²) < 4.78 is 1.88. The minimum Gasteiger partial charge on any atom is -0.270 e. The standard InChI is InChI=1S/C13H12N4/c14-7-11-9-17(8-10-4-5-10)16-13(11)12-3-1-2-6-15-12/h1-3,6,9-10H,4-5,8H2. The molecule has 2 aromatic heterocycles. The van der Waals surface area contributed by atoms with Gasteiger partial charge in [-0.05, 0) is 30.9 Å². The quantitative estimate of drug-likeness (QED) is 0.803. The van der Waals surface area contributed by atoms with Gasteiger partial charge in [0.1, 0.15) is 11.8 Å². The van der Waals surface area contributed by atoms with Gasteiger partial charge >= 0.3 is 0 Å². The second-order valence-electron chi connectivity index (χ2n) is 4.38. The fourth-order valence-corrected chi connectivity index (χ4v) is 1.85. The fourth-order valence-electron chi connectivity index (χ4n) is 1.85. The summed E-state index contributed by atoms with van der Waals surface area (Å²) in [7, 11) is 0. The summed E-state index contributed by atoms with van der Waals surface area (Å²) >= 11 is 0. The lowest BCUT2D eigenvalue weighted by Gasteiger charge is -1.97. The van der Waals surface area contributed by atoms with E-state index in [2.05, 4.69) is 16.2 Å². The van der Waals surface area contributed by atoms with Crippen LogP contribution in [0.3, 0.4) is 0 Å². The lowest BCUT2D eigenvalue weighted by Crippen LogP contribution is -2.00. The maximum Gasteiger partial charge on any atom is 0.128 e. The smallest absolute Gasteiger partial charge is 0.128 e. The van der Waals surface area contributed by atoms with E-state index >= 15 is 0 Å². The molecule has 84 valence electrons. The van der Waals surface area contributed by atoms with Gasteiger partial charge in [-0.2, -0.15) is 10.4 Å². The normalized spacial score (nSPS) is 14.5. The molecule has 3 rings (SSSR count). The van der Waals surface area contributed by atoms with E-state index < -0.39 is 0 Å². The number of hydrogen-bond donors (Lipinski definition) is 0. The topological polar surface area (TPSA) is 54.5 Å². The van der Waals surface area contributed by atoms with Crippen molar-refractivity contribution in [2.24, 2.45) is 5.92 Å². The minimum absolute atomic E-state index is 0.601. The van der Waals surface area contributed by atoms with Gasteiger partial charge in [0.2, 0.25) is 0 Å². The summed E-state index contributed by atoms with van der Waals surface area (Å²) in [5.74, 6) is 0.748. The van der Waals surface area contributed by atoms with Gasteiger partial charge in [0, 0.05) is 18.9 Å². The van der Waals surface area contributed by atoms with Crippen LogP contribution >= 0.6 is 0 Å². The van der Waals surface area contributed by atoms with Crippen molar-refractivity contribution in [3.05, 3.63) is 36.2 Å². The summed E-state index contributed by atoms with van der Waals surface area (Å²) in [4.78, 5) is 4.24. The van der Waals surface area contributed by atoms with Gasteiger partial charge in [0.15, 0.2) is 0 Å². The molecule has 2 heterocycles. The Balaban J connectivity index is 1.97. The molecule has 0 aliphatic heterocycles. The highest BCUT2D eigenvalue weighted by Crippen LogP contribution is 2.31. The second kappa shape index (κ2) is 4.02. The van der Waals surface area contributed by atoms with Crippen molar-refractivity contribution in [2.45, 2.75) is 19.4 Å². The Labute approximate surface area is 99.5 Å². The van der Waals surface area contributed by atoms with Gasteiger partial charge in [-0.25, -0.2) is 0 Å². The molecule has 1 aliphatic rings. The number of nitrogens with zero attached hydrogens (tertiary/aromatic N) is 4. The molecule has 0 N–H and O–H groups in total. The summed E-state index contributed by atoms with van der Waals surface area (Å²) in [5.41, 5.74) is 2.05. The van der Waals surface area contributed by atoms with Crippen molar-refractivity contribution in [1.29, 1.82) is 5.26 Å². The second-order valence-corrected chi connectivity index (χ2v) is 4.38. The van der Waals surface area contributed by atoms with E-state index in [0.29, 0.717) is 11.3 Å². The Morgan fingerprint density at radius 2 is 2.29 bits per heavy atom. The van der Waals surface area contributed by atoms with E-state index in [1.807, 2.05) is 29.1 Å². The maximum atomic E-state index is 9.11. The van der Waals surface area contributed by atoms with Crippen molar-refractivity contribution in [3.63, 3.8) is 0 Å². The van der Waals surface area contributed by atoms with Gasteiger partial charge in [0.05, 0.1) is 11.3 Å². The highest BCUT2D eigenvalue weighted by atomic mass is 15.3. The summed E-state index contributed by atoms with van der Waals surface area (Å²) in [6.07, 6.45) is 6.10. The van der Waals surface area contributed by atoms with E-state index in [0.717, 1.165) is 18.2 Å². The molecule has 0 radical (unpaired) electrons. The van der Waals surface area contributed by atoms with Crippen LogP contribution in [-0.2, 0) is 6.54 Å². The molecule has 0 spiro atoms. The lowest BCUT2D eigenvalue weighted by atomic mass is 10.2. The number of nitriles is 1. The molecule has 4 heteroatoms. The average molecular weight is 224 g/mol. The van der Waals surface area contributed by atoms with E-state index in [9.17, 15) is 0 Å². The third-order valence-electron chi connectivity index (χ3n) is 2.93. The van der Waals surface area contributed by atoms with E-state index in [1.165, 1.54) is 12.8 Å². The van der Waals surface area contributed by atoms with Crippen molar-refractivity contribution < 1.29 is 0 Å². The van der Waals surface area contributed by atoms with Crippen molar-refractivity contribution in [1.82, 2.24) is 14.8 Å². The van der Waals surface area contributed by atoms with Crippen LogP contribution in [0.2, 0.25) is 0 Å². The van der Waals surface area contributed by atoms with Crippen molar-refractivity contribution in [2.75, 3.05) is 0 Å². The SMILES string of the molecule is N#Cc1cn(CC2CC2)nc1-c1ccccn1. The highest BCUT2D eigenvalue weighted by molar-refractivity contribution is 5.61. The molecule has 2 aromatic rings. The number of rotatable bonds is 3. The van der Waals surface area contributed by atoms with Crippen LogP contribution in [-0.4, -0.2) is 14.8 Å². The molecule has 1 saturated carbocycles. The molecule has 4 nitrogen and oxygen atoms in total. The van der Waals surface area contributed by atoms with Crippen LogP contribution in [0.4, 0.5) is 0 Å². The third kappa shape index (κ3) is 2.04. The average Bonchev–Trinajstić information content (AvgIpc) is 3.08. The number of pyridine rings is 1. The molecular weight excluding hydrogens is 212 g/mol. The first-order valence-corrected chi connectivity index (χ1v) is 5.76. The van der Waals surface area contributed by atoms with Crippen molar-refractivity contribution >= 4 is 0 Å². The Bertz CT molecular complexity index is 561. The van der Waals surface area contributed by atoms with Crippen LogP contribution in [0, 0.1) is 17.2 Å². The third-order valence-corrected chi connectivity index (χ3v) is 2.93. The summed E-state index contributed by atoms with van der Waals surface area (Å²) in [6, 6.07) is 7.83. The first-order valence-electron chi connectivity index (χ1n) is 5.76. The zero-order valence-electron chi connectivity index (χ0n) is 9.37. The molecule has 0 amide bonds. The monoisotopic (exact) mass is 224 g/mol. The minimum atomic E-state index is 0.601. The molecule has 0 bridgehead atoms. The van der Waals surface area contributed by atoms with Crippen molar-refractivity contribution in [3.8, 4) is 17.5 Å². The van der Waals surface area contributed by atoms with E-state index in [1.54, 1.807) is 6.20 Å². The van der Waals surface area contributed by atoms with Gasteiger partial charge in [-0.3, -0.25) is 9.67 Å². The zero-order valence-corrected chi connectivity index (χ0v) is 9.37. The van der Waals surface area contributed by atoms with Gasteiger partial charge in [-0.15, -0.1) is 0 Å². The van der Waals surface area contributed by atoms with Crippen LogP contribution in [0.1, 0.15) is 18.4 Å². The highest BCUT2D eigenvalue weighted by Gasteiger charge is 2.23. The zero-order chi connectivity index (χ0) is 11.7. The Kier molecular flexibility index (Phi) is 2.37.